The highest BCUT2D eigenvalue weighted by Crippen LogP contribution is 2.19. The van der Waals surface area contributed by atoms with Crippen LogP contribution in [0.15, 0.2) is 30.3 Å². The van der Waals surface area contributed by atoms with E-state index in [9.17, 15) is 9.90 Å². The number of carbonyl (C=O) groups excluding carboxylic acids is 1. The predicted molar refractivity (Wildman–Crippen MR) is 81.1 cm³/mol. The number of carbonyl (C=O) groups is 1. The van der Waals surface area contributed by atoms with Crippen LogP contribution in [0.5, 0.6) is 0 Å². The Morgan fingerprint density at radius 2 is 1.85 bits per heavy atom. The van der Waals surface area contributed by atoms with Crippen molar-refractivity contribution in [1.29, 1.82) is 0 Å². The van der Waals surface area contributed by atoms with Gasteiger partial charge in [0.2, 0.25) is 5.91 Å². The number of hydrogen-bond acceptors (Lipinski definition) is 3. The molecule has 1 amide bonds. The second-order valence-corrected chi connectivity index (χ2v) is 5.37. The molecule has 1 rings (SSSR count). The second kappa shape index (κ2) is 7.41. The van der Waals surface area contributed by atoms with Crippen LogP contribution in [-0.4, -0.2) is 23.2 Å². The molecule has 0 bridgehead atoms. The van der Waals surface area contributed by atoms with E-state index >= 15 is 0 Å². The molecule has 0 spiro atoms. The van der Waals surface area contributed by atoms with Gasteiger partial charge in [0, 0.05) is 12.6 Å². The van der Waals surface area contributed by atoms with Crippen molar-refractivity contribution in [2.75, 3.05) is 6.54 Å². The monoisotopic (exact) mass is 278 g/mol. The minimum Gasteiger partial charge on any atom is -0.388 e. The number of hydrogen-bond donors (Lipinski definition) is 3. The van der Waals surface area contributed by atoms with E-state index in [0.29, 0.717) is 12.8 Å². The van der Waals surface area contributed by atoms with E-state index in [0.717, 1.165) is 5.56 Å². The van der Waals surface area contributed by atoms with Crippen LogP contribution in [0.3, 0.4) is 0 Å². The number of benzene rings is 1. The van der Waals surface area contributed by atoms with Crippen LogP contribution in [0.25, 0.3) is 0 Å². The topological polar surface area (TPSA) is 75.3 Å². The van der Waals surface area contributed by atoms with Gasteiger partial charge in [-0.1, -0.05) is 51.1 Å². The van der Waals surface area contributed by atoms with Gasteiger partial charge in [-0.05, 0) is 18.4 Å². The zero-order chi connectivity index (χ0) is 15.2. The first kappa shape index (κ1) is 16.7. The Bertz CT molecular complexity index is 416. The van der Waals surface area contributed by atoms with E-state index < -0.39 is 5.60 Å². The summed E-state index contributed by atoms with van der Waals surface area (Å²) in [5.74, 6) is -0.461. The van der Waals surface area contributed by atoms with Crippen molar-refractivity contribution in [3.8, 4) is 0 Å². The molecule has 0 radical (unpaired) electrons. The standard InChI is InChI=1S/C16H26N2O2/c1-4-16(20,5-2)11-18-15(19)12(3)14(17)13-9-7-6-8-10-13/h6-10,12,14,20H,4-5,11,17H2,1-3H3,(H,18,19). The minimum absolute atomic E-state index is 0.123. The molecule has 0 aliphatic heterocycles. The van der Waals surface area contributed by atoms with Crippen LogP contribution >= 0.6 is 0 Å². The van der Waals surface area contributed by atoms with Crippen LogP contribution in [0.4, 0.5) is 0 Å². The van der Waals surface area contributed by atoms with E-state index in [1.54, 1.807) is 0 Å². The molecule has 0 aliphatic carbocycles. The average molecular weight is 278 g/mol. The molecule has 4 N–H and O–H groups in total. The van der Waals surface area contributed by atoms with Crippen LogP contribution in [0.2, 0.25) is 0 Å². The second-order valence-electron chi connectivity index (χ2n) is 5.37. The molecule has 0 heterocycles. The molecular weight excluding hydrogens is 252 g/mol. The highest BCUT2D eigenvalue weighted by molar-refractivity contribution is 5.79. The van der Waals surface area contributed by atoms with E-state index in [4.69, 9.17) is 5.73 Å². The largest absolute Gasteiger partial charge is 0.388 e. The predicted octanol–water partition coefficient (Wildman–Crippen LogP) is 1.99. The summed E-state index contributed by atoms with van der Waals surface area (Å²) in [6.45, 7) is 5.90. The van der Waals surface area contributed by atoms with Crippen LogP contribution in [0, 0.1) is 5.92 Å². The van der Waals surface area contributed by atoms with Gasteiger partial charge >= 0.3 is 0 Å². The number of rotatable bonds is 7. The number of nitrogens with one attached hydrogen (secondary N) is 1. The smallest absolute Gasteiger partial charge is 0.224 e. The van der Waals surface area contributed by atoms with Crippen molar-refractivity contribution >= 4 is 5.91 Å². The third kappa shape index (κ3) is 4.32. The van der Waals surface area contributed by atoms with Crippen LogP contribution in [-0.2, 0) is 4.79 Å². The number of amides is 1. The third-order valence-corrected chi connectivity index (χ3v) is 4.04. The summed E-state index contributed by atoms with van der Waals surface area (Å²) in [4.78, 5) is 12.1. The molecule has 112 valence electrons. The fourth-order valence-corrected chi connectivity index (χ4v) is 2.04. The van der Waals surface area contributed by atoms with E-state index in [1.165, 1.54) is 0 Å². The lowest BCUT2D eigenvalue weighted by Gasteiger charge is -2.27. The SMILES string of the molecule is CCC(O)(CC)CNC(=O)C(C)C(N)c1ccccc1. The summed E-state index contributed by atoms with van der Waals surface area (Å²) in [6.07, 6.45) is 1.23. The maximum atomic E-state index is 12.1. The molecule has 0 aliphatic rings. The Labute approximate surface area is 121 Å². The quantitative estimate of drug-likeness (QED) is 0.714. The summed E-state index contributed by atoms with van der Waals surface area (Å²) in [6, 6.07) is 9.24. The fraction of sp³-hybridized carbons (Fsp3) is 0.562. The van der Waals surface area contributed by atoms with E-state index in [2.05, 4.69) is 5.32 Å². The molecule has 0 fully saturated rings. The minimum atomic E-state index is -0.827. The number of aliphatic hydroxyl groups is 1. The molecule has 1 aromatic carbocycles. The molecule has 2 atom stereocenters. The zero-order valence-electron chi connectivity index (χ0n) is 12.6. The van der Waals surface area contributed by atoms with Gasteiger partial charge < -0.3 is 16.2 Å². The lowest BCUT2D eigenvalue weighted by Crippen LogP contribution is -2.45. The Balaban J connectivity index is 2.59. The van der Waals surface area contributed by atoms with Crippen molar-refractivity contribution in [1.82, 2.24) is 5.32 Å². The lowest BCUT2D eigenvalue weighted by molar-refractivity contribution is -0.126. The van der Waals surface area contributed by atoms with Gasteiger partial charge in [0.25, 0.3) is 0 Å². The van der Waals surface area contributed by atoms with Gasteiger partial charge in [-0.25, -0.2) is 0 Å². The zero-order valence-corrected chi connectivity index (χ0v) is 12.6. The molecule has 20 heavy (non-hydrogen) atoms. The highest BCUT2D eigenvalue weighted by atomic mass is 16.3. The Morgan fingerprint density at radius 1 is 1.30 bits per heavy atom. The van der Waals surface area contributed by atoms with Crippen molar-refractivity contribution in [3.05, 3.63) is 35.9 Å². The van der Waals surface area contributed by atoms with Gasteiger partial charge in [-0.15, -0.1) is 0 Å². The van der Waals surface area contributed by atoms with Gasteiger partial charge in [-0.2, -0.15) is 0 Å². The molecular formula is C16H26N2O2. The van der Waals surface area contributed by atoms with Gasteiger partial charge in [0.15, 0.2) is 0 Å². The van der Waals surface area contributed by atoms with Gasteiger partial charge in [0.05, 0.1) is 11.5 Å². The lowest BCUT2D eigenvalue weighted by atomic mass is 9.93. The molecule has 4 nitrogen and oxygen atoms in total. The van der Waals surface area contributed by atoms with E-state index in [-0.39, 0.29) is 24.4 Å². The Kier molecular flexibility index (Phi) is 6.17. The summed E-state index contributed by atoms with van der Waals surface area (Å²) in [5.41, 5.74) is 6.23. The summed E-state index contributed by atoms with van der Waals surface area (Å²) in [5, 5.41) is 13.0. The molecule has 1 aromatic rings. The average Bonchev–Trinajstić information content (AvgIpc) is 2.51. The van der Waals surface area contributed by atoms with Crippen molar-refractivity contribution < 1.29 is 9.90 Å². The molecule has 2 unspecified atom stereocenters. The Morgan fingerprint density at radius 3 is 2.35 bits per heavy atom. The van der Waals surface area contributed by atoms with Gasteiger partial charge in [-0.3, -0.25) is 4.79 Å². The third-order valence-electron chi connectivity index (χ3n) is 4.04. The first-order valence-electron chi connectivity index (χ1n) is 7.24. The summed E-state index contributed by atoms with van der Waals surface area (Å²) < 4.78 is 0. The van der Waals surface area contributed by atoms with Crippen LogP contribution < -0.4 is 11.1 Å². The summed E-state index contributed by atoms with van der Waals surface area (Å²) >= 11 is 0. The van der Waals surface area contributed by atoms with Crippen molar-refractivity contribution in [3.63, 3.8) is 0 Å². The van der Waals surface area contributed by atoms with Crippen LogP contribution in [0.1, 0.15) is 45.2 Å². The molecule has 0 aromatic heterocycles. The first-order valence-corrected chi connectivity index (χ1v) is 7.24. The van der Waals surface area contributed by atoms with Crippen molar-refractivity contribution in [2.45, 2.75) is 45.3 Å². The molecule has 4 heteroatoms. The highest BCUT2D eigenvalue weighted by Gasteiger charge is 2.26. The van der Waals surface area contributed by atoms with Gasteiger partial charge in [0.1, 0.15) is 0 Å². The molecule has 0 saturated carbocycles. The maximum Gasteiger partial charge on any atom is 0.224 e. The van der Waals surface area contributed by atoms with Crippen molar-refractivity contribution in [2.24, 2.45) is 11.7 Å². The number of nitrogens with two attached hydrogens (primary N) is 1. The fourth-order valence-electron chi connectivity index (χ4n) is 2.04. The summed E-state index contributed by atoms with van der Waals surface area (Å²) in [7, 11) is 0. The van der Waals surface area contributed by atoms with E-state index in [1.807, 2.05) is 51.1 Å². The first-order chi connectivity index (χ1) is 9.43. The Hall–Kier alpha value is -1.39. The normalized spacial score (nSPS) is 14.7. The molecule has 0 saturated heterocycles. The maximum absolute atomic E-state index is 12.1.